The average Bonchev–Trinajstić information content (AvgIpc) is 2.48. The van der Waals surface area contributed by atoms with Gasteiger partial charge in [-0.3, -0.25) is 4.79 Å². The predicted molar refractivity (Wildman–Crippen MR) is 86.9 cm³/mol. The lowest BCUT2D eigenvalue weighted by atomic mass is 10.0. The van der Waals surface area contributed by atoms with E-state index in [-0.39, 0.29) is 0 Å². The van der Waals surface area contributed by atoms with Gasteiger partial charge < -0.3 is 15.8 Å². The molecule has 1 unspecified atom stereocenters. The van der Waals surface area contributed by atoms with Crippen LogP contribution in [0.3, 0.4) is 0 Å². The van der Waals surface area contributed by atoms with E-state index in [1.807, 2.05) is 48.5 Å². The van der Waals surface area contributed by atoms with Crippen molar-refractivity contribution in [2.45, 2.75) is 12.6 Å². The second-order valence-corrected chi connectivity index (χ2v) is 5.58. The highest BCUT2D eigenvalue weighted by molar-refractivity contribution is 9.10. The summed E-state index contributed by atoms with van der Waals surface area (Å²) >= 11 is 3.38. The van der Waals surface area contributed by atoms with E-state index in [9.17, 15) is 4.79 Å². The minimum absolute atomic E-state index is 0.419. The van der Waals surface area contributed by atoms with Crippen molar-refractivity contribution in [3.63, 3.8) is 0 Å². The number of hydrogen-bond acceptors (Lipinski definition) is 3. The van der Waals surface area contributed by atoms with Crippen molar-refractivity contribution in [3.05, 3.63) is 64.1 Å². The number of amides is 1. The maximum atomic E-state index is 11.7. The monoisotopic (exact) mass is 348 g/mol. The van der Waals surface area contributed by atoms with Gasteiger partial charge in [0.15, 0.2) is 0 Å². The van der Waals surface area contributed by atoms with Crippen LogP contribution in [0.2, 0.25) is 0 Å². The number of carbonyl (C=O) groups excluding carboxylic acids is 1. The Morgan fingerprint density at radius 3 is 2.33 bits per heavy atom. The van der Waals surface area contributed by atoms with Gasteiger partial charge in [-0.15, -0.1) is 0 Å². The van der Waals surface area contributed by atoms with Crippen molar-refractivity contribution in [3.8, 4) is 0 Å². The fourth-order valence-corrected chi connectivity index (χ4v) is 2.27. The number of hydrogen-bond donors (Lipinski definition) is 2. The Kier molecular flexibility index (Phi) is 5.36. The highest BCUT2D eigenvalue weighted by Crippen LogP contribution is 2.22. The van der Waals surface area contributed by atoms with Crippen LogP contribution in [-0.4, -0.2) is 13.0 Å². The Labute approximate surface area is 132 Å². The van der Waals surface area contributed by atoms with Crippen LogP contribution in [0.4, 0.5) is 5.69 Å². The number of primary amides is 1. The molecule has 0 aromatic heterocycles. The molecule has 2 aromatic carbocycles. The lowest BCUT2D eigenvalue weighted by molar-refractivity contribution is -0.118. The van der Waals surface area contributed by atoms with E-state index < -0.39 is 11.9 Å². The minimum Gasteiger partial charge on any atom is -0.380 e. The van der Waals surface area contributed by atoms with Crippen LogP contribution < -0.4 is 11.1 Å². The molecule has 2 rings (SSSR count). The number of nitrogens with two attached hydrogens (primary N) is 1. The van der Waals surface area contributed by atoms with Crippen LogP contribution in [0.25, 0.3) is 0 Å². The first kappa shape index (κ1) is 15.5. The van der Waals surface area contributed by atoms with Gasteiger partial charge in [-0.05, 0) is 35.4 Å². The SMILES string of the molecule is COCc1ccc(C(Nc2ccc(Br)cc2)C(N)=O)cc1. The Balaban J connectivity index is 2.18. The molecule has 0 saturated carbocycles. The highest BCUT2D eigenvalue weighted by atomic mass is 79.9. The molecule has 0 heterocycles. The molecule has 4 nitrogen and oxygen atoms in total. The number of halogens is 1. The molecule has 0 fully saturated rings. The summed E-state index contributed by atoms with van der Waals surface area (Å²) < 4.78 is 6.05. The van der Waals surface area contributed by atoms with E-state index in [0.29, 0.717) is 6.61 Å². The summed E-state index contributed by atoms with van der Waals surface area (Å²) in [5, 5.41) is 3.15. The minimum atomic E-state index is -0.567. The second-order valence-electron chi connectivity index (χ2n) is 4.66. The molecule has 1 atom stereocenters. The third kappa shape index (κ3) is 4.31. The van der Waals surface area contributed by atoms with Crippen LogP contribution in [0.1, 0.15) is 17.2 Å². The topological polar surface area (TPSA) is 64.3 Å². The Bertz CT molecular complexity index is 597. The van der Waals surface area contributed by atoms with Gasteiger partial charge in [0.1, 0.15) is 6.04 Å². The smallest absolute Gasteiger partial charge is 0.244 e. The van der Waals surface area contributed by atoms with E-state index >= 15 is 0 Å². The molecule has 2 aromatic rings. The quantitative estimate of drug-likeness (QED) is 0.842. The van der Waals surface area contributed by atoms with Gasteiger partial charge in [0.2, 0.25) is 5.91 Å². The molecule has 0 bridgehead atoms. The largest absolute Gasteiger partial charge is 0.380 e. The zero-order valence-electron chi connectivity index (χ0n) is 11.7. The molecule has 5 heteroatoms. The zero-order valence-corrected chi connectivity index (χ0v) is 13.3. The highest BCUT2D eigenvalue weighted by Gasteiger charge is 2.17. The second kappa shape index (κ2) is 7.24. The summed E-state index contributed by atoms with van der Waals surface area (Å²) in [6, 6.07) is 14.6. The van der Waals surface area contributed by atoms with Crippen LogP contribution in [0.5, 0.6) is 0 Å². The van der Waals surface area contributed by atoms with Gasteiger partial charge in [-0.1, -0.05) is 40.2 Å². The van der Waals surface area contributed by atoms with Crippen molar-refractivity contribution in [1.29, 1.82) is 0 Å². The van der Waals surface area contributed by atoms with Gasteiger partial charge in [-0.2, -0.15) is 0 Å². The molecule has 1 amide bonds. The number of ether oxygens (including phenoxy) is 1. The van der Waals surface area contributed by atoms with E-state index in [1.54, 1.807) is 7.11 Å². The maximum Gasteiger partial charge on any atom is 0.244 e. The van der Waals surface area contributed by atoms with E-state index in [4.69, 9.17) is 10.5 Å². The number of anilines is 1. The van der Waals surface area contributed by atoms with Crippen LogP contribution in [-0.2, 0) is 16.1 Å². The summed E-state index contributed by atoms with van der Waals surface area (Å²) in [5.74, 6) is -0.419. The standard InChI is InChI=1S/C16H17BrN2O2/c1-21-10-11-2-4-12(5-3-11)15(16(18)20)19-14-8-6-13(17)7-9-14/h2-9,15,19H,10H2,1H3,(H2,18,20). The third-order valence-corrected chi connectivity index (χ3v) is 3.59. The van der Waals surface area contributed by atoms with Crippen molar-refractivity contribution in [2.24, 2.45) is 5.73 Å². The maximum absolute atomic E-state index is 11.7. The Morgan fingerprint density at radius 2 is 1.81 bits per heavy atom. The summed E-state index contributed by atoms with van der Waals surface area (Å²) in [5.41, 5.74) is 8.22. The van der Waals surface area contributed by atoms with Gasteiger partial charge in [0.25, 0.3) is 0 Å². The lowest BCUT2D eigenvalue weighted by Gasteiger charge is -2.17. The van der Waals surface area contributed by atoms with E-state index in [0.717, 1.165) is 21.3 Å². The fourth-order valence-electron chi connectivity index (χ4n) is 2.00. The van der Waals surface area contributed by atoms with Crippen LogP contribution in [0.15, 0.2) is 53.0 Å². The third-order valence-electron chi connectivity index (χ3n) is 3.06. The summed E-state index contributed by atoms with van der Waals surface area (Å²) in [4.78, 5) is 11.7. The van der Waals surface area contributed by atoms with Gasteiger partial charge in [0, 0.05) is 17.3 Å². The molecule has 0 radical (unpaired) electrons. The average molecular weight is 349 g/mol. The summed E-state index contributed by atoms with van der Waals surface area (Å²) in [6.07, 6.45) is 0. The zero-order chi connectivity index (χ0) is 15.2. The molecule has 0 saturated heterocycles. The molecule has 21 heavy (non-hydrogen) atoms. The first-order chi connectivity index (χ1) is 10.1. The number of rotatable bonds is 6. The first-order valence-electron chi connectivity index (χ1n) is 6.49. The molecule has 0 aliphatic rings. The fraction of sp³-hybridized carbons (Fsp3) is 0.188. The molecular formula is C16H17BrN2O2. The molecule has 0 aliphatic heterocycles. The molecule has 0 spiro atoms. The predicted octanol–water partition coefficient (Wildman–Crippen LogP) is 3.23. The Morgan fingerprint density at radius 1 is 1.19 bits per heavy atom. The van der Waals surface area contributed by atoms with Crippen molar-refractivity contribution < 1.29 is 9.53 Å². The number of nitrogens with one attached hydrogen (secondary N) is 1. The number of benzene rings is 2. The molecule has 0 aliphatic carbocycles. The molecule has 110 valence electrons. The first-order valence-corrected chi connectivity index (χ1v) is 7.28. The van der Waals surface area contributed by atoms with Crippen molar-refractivity contribution in [2.75, 3.05) is 12.4 Å². The van der Waals surface area contributed by atoms with Crippen molar-refractivity contribution >= 4 is 27.5 Å². The van der Waals surface area contributed by atoms with E-state index in [1.165, 1.54) is 0 Å². The molecule has 3 N–H and O–H groups in total. The Hall–Kier alpha value is -1.85. The van der Waals surface area contributed by atoms with Crippen LogP contribution >= 0.6 is 15.9 Å². The lowest BCUT2D eigenvalue weighted by Crippen LogP contribution is -2.27. The number of carbonyl (C=O) groups is 1. The van der Waals surface area contributed by atoms with Gasteiger partial charge in [0.05, 0.1) is 6.61 Å². The normalized spacial score (nSPS) is 11.9. The van der Waals surface area contributed by atoms with Crippen LogP contribution in [0, 0.1) is 0 Å². The summed E-state index contributed by atoms with van der Waals surface area (Å²) in [7, 11) is 1.65. The van der Waals surface area contributed by atoms with Gasteiger partial charge >= 0.3 is 0 Å². The number of methoxy groups -OCH3 is 1. The van der Waals surface area contributed by atoms with Gasteiger partial charge in [-0.25, -0.2) is 0 Å². The van der Waals surface area contributed by atoms with Crippen molar-refractivity contribution in [1.82, 2.24) is 0 Å². The van der Waals surface area contributed by atoms with E-state index in [2.05, 4.69) is 21.2 Å². The molecular weight excluding hydrogens is 332 g/mol. The summed E-state index contributed by atoms with van der Waals surface area (Å²) in [6.45, 7) is 0.543.